The van der Waals surface area contributed by atoms with Crippen LogP contribution in [0.5, 0.6) is 0 Å². The Bertz CT molecular complexity index is 803. The summed E-state index contributed by atoms with van der Waals surface area (Å²) in [6.45, 7) is 3.97. The molecule has 0 unspecified atom stereocenters. The zero-order chi connectivity index (χ0) is 16.6. The number of carbonyl (C=O) groups is 1. The molecule has 2 N–H and O–H groups in total. The quantitative estimate of drug-likeness (QED) is 0.629. The first-order valence-electron chi connectivity index (χ1n) is 7.87. The summed E-state index contributed by atoms with van der Waals surface area (Å²) in [4.78, 5) is 12.4. The molecule has 0 spiro atoms. The highest BCUT2D eigenvalue weighted by atomic mass is 16.3. The lowest BCUT2D eigenvalue weighted by atomic mass is 9.73. The Balaban J connectivity index is 1.98. The molecule has 0 bridgehead atoms. The van der Waals surface area contributed by atoms with Crippen LogP contribution in [0, 0.1) is 10.8 Å². The van der Waals surface area contributed by atoms with Crippen molar-refractivity contribution < 1.29 is 9.90 Å². The lowest BCUT2D eigenvalue weighted by molar-refractivity contribution is -0.117. The number of benzene rings is 2. The van der Waals surface area contributed by atoms with Crippen LogP contribution in [-0.2, 0) is 11.2 Å². The minimum absolute atomic E-state index is 0.0202. The molecule has 0 heterocycles. The summed E-state index contributed by atoms with van der Waals surface area (Å²) in [5, 5.41) is 20.8. The highest BCUT2D eigenvalue weighted by molar-refractivity contribution is 6.23. The van der Waals surface area contributed by atoms with Gasteiger partial charge in [-0.3, -0.25) is 4.79 Å². The van der Waals surface area contributed by atoms with Gasteiger partial charge in [-0.15, -0.1) is 0 Å². The van der Waals surface area contributed by atoms with Gasteiger partial charge in [-0.2, -0.15) is 0 Å². The smallest absolute Gasteiger partial charge is 0.168 e. The molecule has 1 saturated carbocycles. The van der Waals surface area contributed by atoms with E-state index in [2.05, 4.69) is 0 Å². The second-order valence-electron chi connectivity index (χ2n) is 7.06. The fraction of sp³-hybridized carbons (Fsp3) is 0.300. The van der Waals surface area contributed by atoms with Crippen molar-refractivity contribution in [3.63, 3.8) is 0 Å². The van der Waals surface area contributed by atoms with Gasteiger partial charge in [0.2, 0.25) is 0 Å². The Morgan fingerprint density at radius 2 is 1.83 bits per heavy atom. The highest BCUT2D eigenvalue weighted by Crippen LogP contribution is 2.35. The van der Waals surface area contributed by atoms with E-state index in [9.17, 15) is 9.90 Å². The fourth-order valence-electron chi connectivity index (χ4n) is 3.37. The SMILES string of the molecule is CC1(C)CC(=N)/C(=C(\O)Cc2cccc3ccccc23)C(=O)C1. The van der Waals surface area contributed by atoms with Crippen molar-refractivity contribution in [3.8, 4) is 0 Å². The number of aliphatic hydroxyl groups excluding tert-OH is 1. The Hall–Kier alpha value is -2.42. The number of ketones is 1. The van der Waals surface area contributed by atoms with Crippen LogP contribution < -0.4 is 0 Å². The van der Waals surface area contributed by atoms with Crippen LogP contribution in [0.3, 0.4) is 0 Å². The van der Waals surface area contributed by atoms with Gasteiger partial charge in [-0.25, -0.2) is 0 Å². The van der Waals surface area contributed by atoms with Crippen LogP contribution >= 0.6 is 0 Å². The van der Waals surface area contributed by atoms with Gasteiger partial charge in [0.25, 0.3) is 0 Å². The maximum atomic E-state index is 12.4. The number of carbonyl (C=O) groups excluding carboxylic acids is 1. The van der Waals surface area contributed by atoms with E-state index in [4.69, 9.17) is 5.41 Å². The summed E-state index contributed by atoms with van der Waals surface area (Å²) in [5.41, 5.74) is 1.25. The van der Waals surface area contributed by atoms with Gasteiger partial charge in [0, 0.05) is 18.6 Å². The predicted octanol–water partition coefficient (Wildman–Crippen LogP) is 4.60. The van der Waals surface area contributed by atoms with E-state index in [1.54, 1.807) is 0 Å². The molecule has 118 valence electrons. The van der Waals surface area contributed by atoms with Gasteiger partial charge in [0.1, 0.15) is 5.76 Å². The normalized spacial score (nSPS) is 19.9. The number of nitrogens with one attached hydrogen (secondary N) is 1. The Kier molecular flexibility index (Phi) is 3.80. The monoisotopic (exact) mass is 307 g/mol. The van der Waals surface area contributed by atoms with Gasteiger partial charge in [0.15, 0.2) is 5.78 Å². The molecule has 0 aliphatic heterocycles. The largest absolute Gasteiger partial charge is 0.511 e. The Labute approximate surface area is 136 Å². The average Bonchev–Trinajstić information content (AvgIpc) is 2.45. The molecule has 0 atom stereocenters. The van der Waals surface area contributed by atoms with Crippen LogP contribution in [0.4, 0.5) is 0 Å². The molecule has 1 aliphatic rings. The first kappa shape index (κ1) is 15.5. The van der Waals surface area contributed by atoms with Gasteiger partial charge in [-0.05, 0) is 28.2 Å². The topological polar surface area (TPSA) is 61.1 Å². The van der Waals surface area contributed by atoms with Crippen molar-refractivity contribution in [1.82, 2.24) is 0 Å². The van der Waals surface area contributed by atoms with Crippen LogP contribution in [0.1, 0.15) is 32.3 Å². The van der Waals surface area contributed by atoms with Crippen LogP contribution in [0.15, 0.2) is 53.8 Å². The summed E-state index contributed by atoms with van der Waals surface area (Å²) in [7, 11) is 0. The third kappa shape index (κ3) is 3.04. The zero-order valence-corrected chi connectivity index (χ0v) is 13.5. The van der Waals surface area contributed by atoms with Crippen LogP contribution in [-0.4, -0.2) is 16.6 Å². The van der Waals surface area contributed by atoms with Gasteiger partial charge < -0.3 is 10.5 Å². The van der Waals surface area contributed by atoms with Gasteiger partial charge in [-0.1, -0.05) is 56.3 Å². The molecule has 0 radical (unpaired) electrons. The number of aliphatic hydroxyl groups is 1. The molecule has 1 fully saturated rings. The summed E-state index contributed by atoms with van der Waals surface area (Å²) in [5.74, 6) is -0.101. The molecule has 3 rings (SSSR count). The summed E-state index contributed by atoms with van der Waals surface area (Å²) < 4.78 is 0. The number of hydrogen-bond acceptors (Lipinski definition) is 3. The summed E-state index contributed by atoms with van der Waals surface area (Å²) in [6, 6.07) is 13.9. The third-order valence-electron chi connectivity index (χ3n) is 4.40. The van der Waals surface area contributed by atoms with E-state index in [1.807, 2.05) is 56.3 Å². The Morgan fingerprint density at radius 1 is 1.13 bits per heavy atom. The molecule has 0 amide bonds. The average molecular weight is 307 g/mol. The van der Waals surface area contributed by atoms with E-state index < -0.39 is 0 Å². The number of Topliss-reactive ketones (excluding diaryl/α,β-unsaturated/α-hetero) is 1. The molecular formula is C20H21NO2. The van der Waals surface area contributed by atoms with E-state index in [-0.39, 0.29) is 34.7 Å². The lowest BCUT2D eigenvalue weighted by Gasteiger charge is -2.30. The number of hydrogen-bond donors (Lipinski definition) is 2. The van der Waals surface area contributed by atoms with E-state index >= 15 is 0 Å². The second kappa shape index (κ2) is 5.65. The number of fused-ring (bicyclic) bond motifs is 1. The molecule has 23 heavy (non-hydrogen) atoms. The van der Waals surface area contributed by atoms with Crippen molar-refractivity contribution in [3.05, 3.63) is 59.4 Å². The van der Waals surface area contributed by atoms with Crippen molar-refractivity contribution in [1.29, 1.82) is 5.41 Å². The third-order valence-corrected chi connectivity index (χ3v) is 4.40. The van der Waals surface area contributed by atoms with Crippen molar-refractivity contribution >= 4 is 22.3 Å². The van der Waals surface area contributed by atoms with Gasteiger partial charge in [0.05, 0.1) is 5.57 Å². The maximum absolute atomic E-state index is 12.4. The van der Waals surface area contributed by atoms with Crippen LogP contribution in [0.25, 0.3) is 10.8 Å². The first-order chi connectivity index (χ1) is 10.9. The van der Waals surface area contributed by atoms with E-state index in [0.717, 1.165) is 16.3 Å². The first-order valence-corrected chi connectivity index (χ1v) is 7.87. The van der Waals surface area contributed by atoms with E-state index in [0.29, 0.717) is 12.8 Å². The number of allylic oxidation sites excluding steroid dienone is 2. The zero-order valence-electron chi connectivity index (χ0n) is 13.5. The molecule has 3 heteroatoms. The maximum Gasteiger partial charge on any atom is 0.168 e. The van der Waals surface area contributed by atoms with Crippen molar-refractivity contribution in [2.24, 2.45) is 5.41 Å². The lowest BCUT2D eigenvalue weighted by Crippen LogP contribution is -2.32. The molecule has 0 aromatic heterocycles. The minimum atomic E-state index is -0.197. The number of rotatable bonds is 2. The molecule has 2 aromatic rings. The molecular weight excluding hydrogens is 286 g/mol. The molecule has 3 nitrogen and oxygen atoms in total. The van der Waals surface area contributed by atoms with E-state index in [1.165, 1.54) is 0 Å². The van der Waals surface area contributed by atoms with Crippen molar-refractivity contribution in [2.75, 3.05) is 0 Å². The molecule has 0 saturated heterocycles. The predicted molar refractivity (Wildman–Crippen MR) is 93.1 cm³/mol. The molecule has 2 aromatic carbocycles. The Morgan fingerprint density at radius 3 is 2.57 bits per heavy atom. The fourth-order valence-corrected chi connectivity index (χ4v) is 3.37. The molecule has 1 aliphatic carbocycles. The second-order valence-corrected chi connectivity index (χ2v) is 7.06. The summed E-state index contributed by atoms with van der Waals surface area (Å²) in [6.07, 6.45) is 1.18. The van der Waals surface area contributed by atoms with Crippen LogP contribution in [0.2, 0.25) is 0 Å². The standard InChI is InChI=1S/C20H21NO2/c1-20(2)11-16(21)19(18(23)12-20)17(22)10-14-8-5-7-13-6-3-4-9-15(13)14/h3-9,21-22H,10-12H2,1-2H3/b19-17+,21-16?. The van der Waals surface area contributed by atoms with Gasteiger partial charge >= 0.3 is 0 Å². The summed E-state index contributed by atoms with van der Waals surface area (Å²) >= 11 is 0. The highest BCUT2D eigenvalue weighted by Gasteiger charge is 2.35. The minimum Gasteiger partial charge on any atom is -0.511 e. The van der Waals surface area contributed by atoms with Crippen molar-refractivity contribution in [2.45, 2.75) is 33.1 Å².